The highest BCUT2D eigenvalue weighted by molar-refractivity contribution is 5.81. The number of carbonyl (C=O) groups excluding carboxylic acids is 2. The topological polar surface area (TPSA) is 83.1 Å². The standard InChI is InChI=1S/C25H33NO6/c1-16(26-24(28)32-25(3,4)5)23(27)31-17(2)22(18-8-12-20(29-6)13-9-18)19-10-14-21(30-7)15-11-19/h8-17,22H,1-7H3,(H,26,28)/t16-,17-/m0/s1. The van der Waals surface area contributed by atoms with Gasteiger partial charge in [0, 0.05) is 5.92 Å². The number of amides is 1. The molecular weight excluding hydrogens is 410 g/mol. The summed E-state index contributed by atoms with van der Waals surface area (Å²) in [6.45, 7) is 8.66. The van der Waals surface area contributed by atoms with Crippen molar-refractivity contribution < 1.29 is 28.5 Å². The third-order valence-electron chi connectivity index (χ3n) is 4.81. The van der Waals surface area contributed by atoms with Crippen LogP contribution in [0.3, 0.4) is 0 Å². The van der Waals surface area contributed by atoms with E-state index < -0.39 is 29.8 Å². The van der Waals surface area contributed by atoms with E-state index >= 15 is 0 Å². The number of hydrogen-bond donors (Lipinski definition) is 1. The first-order valence-corrected chi connectivity index (χ1v) is 10.5. The molecule has 0 spiro atoms. The van der Waals surface area contributed by atoms with E-state index in [0.717, 1.165) is 22.6 Å². The van der Waals surface area contributed by atoms with E-state index in [2.05, 4.69) is 5.32 Å². The molecule has 0 aromatic heterocycles. The minimum Gasteiger partial charge on any atom is -0.497 e. The molecule has 0 bridgehead atoms. The van der Waals surface area contributed by atoms with Gasteiger partial charge in [0.2, 0.25) is 0 Å². The van der Waals surface area contributed by atoms with E-state index in [1.165, 1.54) is 0 Å². The number of hydrogen-bond acceptors (Lipinski definition) is 6. The number of nitrogens with one attached hydrogen (secondary N) is 1. The van der Waals surface area contributed by atoms with Gasteiger partial charge < -0.3 is 24.3 Å². The molecule has 174 valence electrons. The smallest absolute Gasteiger partial charge is 0.408 e. The second kappa shape index (κ2) is 10.9. The molecule has 2 rings (SSSR count). The van der Waals surface area contributed by atoms with Crippen LogP contribution >= 0.6 is 0 Å². The molecule has 0 unspecified atom stereocenters. The first kappa shape index (κ1) is 25.0. The largest absolute Gasteiger partial charge is 0.497 e. The van der Waals surface area contributed by atoms with Crippen molar-refractivity contribution in [1.82, 2.24) is 5.32 Å². The molecule has 7 heteroatoms. The summed E-state index contributed by atoms with van der Waals surface area (Å²) in [5.74, 6) is 0.698. The highest BCUT2D eigenvalue weighted by Gasteiger charge is 2.28. The average molecular weight is 444 g/mol. The minimum absolute atomic E-state index is 0.232. The Morgan fingerprint density at radius 1 is 0.812 bits per heavy atom. The number of rotatable bonds is 8. The van der Waals surface area contributed by atoms with Crippen molar-refractivity contribution in [2.75, 3.05) is 14.2 Å². The van der Waals surface area contributed by atoms with Crippen LogP contribution in [0, 0.1) is 0 Å². The zero-order valence-electron chi connectivity index (χ0n) is 19.8. The third-order valence-corrected chi connectivity index (χ3v) is 4.81. The Hall–Kier alpha value is -3.22. The zero-order chi connectivity index (χ0) is 23.9. The van der Waals surface area contributed by atoms with E-state index in [1.807, 2.05) is 55.5 Å². The number of ether oxygens (including phenoxy) is 4. The molecule has 7 nitrogen and oxygen atoms in total. The Morgan fingerprint density at radius 2 is 1.25 bits per heavy atom. The number of benzene rings is 2. The van der Waals surface area contributed by atoms with Gasteiger partial charge in [-0.2, -0.15) is 0 Å². The Morgan fingerprint density at radius 3 is 1.62 bits per heavy atom. The van der Waals surface area contributed by atoms with Gasteiger partial charge in [0.15, 0.2) is 0 Å². The zero-order valence-corrected chi connectivity index (χ0v) is 19.8. The monoisotopic (exact) mass is 443 g/mol. The highest BCUT2D eigenvalue weighted by Crippen LogP contribution is 2.32. The van der Waals surface area contributed by atoms with Crippen LogP contribution in [0.1, 0.15) is 51.7 Å². The molecule has 2 atom stereocenters. The molecule has 0 radical (unpaired) electrons. The van der Waals surface area contributed by atoms with Crippen molar-refractivity contribution in [2.45, 2.75) is 58.3 Å². The van der Waals surface area contributed by atoms with Gasteiger partial charge in [-0.25, -0.2) is 9.59 Å². The number of esters is 1. The molecular formula is C25H33NO6. The fraction of sp³-hybridized carbons (Fsp3) is 0.440. The molecule has 2 aromatic carbocycles. The number of alkyl carbamates (subject to hydrolysis) is 1. The predicted molar refractivity (Wildman–Crippen MR) is 122 cm³/mol. The van der Waals surface area contributed by atoms with Crippen LogP contribution in [0.15, 0.2) is 48.5 Å². The van der Waals surface area contributed by atoms with Gasteiger partial charge in [-0.1, -0.05) is 24.3 Å². The summed E-state index contributed by atoms with van der Waals surface area (Å²) in [7, 11) is 3.22. The van der Waals surface area contributed by atoms with Gasteiger partial charge in [-0.15, -0.1) is 0 Å². The predicted octanol–water partition coefficient (Wildman–Crippen LogP) is 4.68. The van der Waals surface area contributed by atoms with Gasteiger partial charge in [0.05, 0.1) is 14.2 Å². The van der Waals surface area contributed by atoms with E-state index in [0.29, 0.717) is 0 Å². The molecule has 32 heavy (non-hydrogen) atoms. The third kappa shape index (κ3) is 7.18. The molecule has 1 N–H and O–H groups in total. The summed E-state index contributed by atoms with van der Waals surface area (Å²) in [5.41, 5.74) is 1.27. The maximum absolute atomic E-state index is 12.7. The van der Waals surface area contributed by atoms with Crippen molar-refractivity contribution in [3.8, 4) is 11.5 Å². The Labute approximate surface area is 190 Å². The highest BCUT2D eigenvalue weighted by atomic mass is 16.6. The van der Waals surface area contributed by atoms with E-state index in [9.17, 15) is 9.59 Å². The lowest BCUT2D eigenvalue weighted by Gasteiger charge is -2.27. The molecule has 0 aliphatic rings. The molecule has 0 heterocycles. The lowest BCUT2D eigenvalue weighted by molar-refractivity contribution is -0.150. The van der Waals surface area contributed by atoms with E-state index in [1.54, 1.807) is 41.9 Å². The lowest BCUT2D eigenvalue weighted by Crippen LogP contribution is -2.43. The first-order chi connectivity index (χ1) is 15.0. The van der Waals surface area contributed by atoms with Crippen molar-refractivity contribution in [1.29, 1.82) is 0 Å². The second-order valence-corrected chi connectivity index (χ2v) is 8.53. The van der Waals surface area contributed by atoms with Crippen molar-refractivity contribution in [3.05, 3.63) is 59.7 Å². The number of methoxy groups -OCH3 is 2. The normalized spacial score (nSPS) is 13.1. The molecule has 0 aliphatic carbocycles. The molecule has 0 saturated carbocycles. The Bertz CT molecular complexity index is 839. The van der Waals surface area contributed by atoms with Gasteiger partial charge in [-0.3, -0.25) is 0 Å². The van der Waals surface area contributed by atoms with Crippen LogP contribution in [0.25, 0.3) is 0 Å². The summed E-state index contributed by atoms with van der Waals surface area (Å²) in [6, 6.07) is 14.4. The van der Waals surface area contributed by atoms with Crippen molar-refractivity contribution >= 4 is 12.1 Å². The van der Waals surface area contributed by atoms with E-state index in [4.69, 9.17) is 18.9 Å². The van der Waals surface area contributed by atoms with Gasteiger partial charge in [-0.05, 0) is 70.0 Å². The summed E-state index contributed by atoms with van der Waals surface area (Å²) in [6.07, 6.45) is -1.18. The molecule has 0 aliphatic heterocycles. The summed E-state index contributed by atoms with van der Waals surface area (Å²) < 4.78 is 21.5. The molecule has 2 aromatic rings. The Kier molecular flexibility index (Phi) is 8.52. The Balaban J connectivity index is 2.20. The fourth-order valence-electron chi connectivity index (χ4n) is 3.25. The fourth-order valence-corrected chi connectivity index (χ4v) is 3.25. The molecule has 0 saturated heterocycles. The van der Waals surface area contributed by atoms with Crippen molar-refractivity contribution in [2.24, 2.45) is 0 Å². The SMILES string of the molecule is COc1ccc(C(c2ccc(OC)cc2)[C@H](C)OC(=O)[C@H](C)NC(=O)OC(C)(C)C)cc1. The van der Waals surface area contributed by atoms with Crippen LogP contribution in [0.5, 0.6) is 11.5 Å². The minimum atomic E-state index is -0.861. The van der Waals surface area contributed by atoms with Crippen LogP contribution < -0.4 is 14.8 Å². The first-order valence-electron chi connectivity index (χ1n) is 10.5. The summed E-state index contributed by atoms with van der Waals surface area (Å²) in [4.78, 5) is 24.7. The molecule has 0 fully saturated rings. The molecule has 1 amide bonds. The van der Waals surface area contributed by atoms with Gasteiger partial charge >= 0.3 is 12.1 Å². The average Bonchev–Trinajstić information content (AvgIpc) is 2.73. The van der Waals surface area contributed by atoms with E-state index in [-0.39, 0.29) is 5.92 Å². The lowest BCUT2D eigenvalue weighted by atomic mass is 9.87. The summed E-state index contributed by atoms with van der Waals surface area (Å²) >= 11 is 0. The maximum Gasteiger partial charge on any atom is 0.408 e. The van der Waals surface area contributed by atoms with Crippen LogP contribution in [-0.4, -0.2) is 44.0 Å². The van der Waals surface area contributed by atoms with Crippen LogP contribution in [0.4, 0.5) is 4.79 Å². The van der Waals surface area contributed by atoms with Crippen LogP contribution in [-0.2, 0) is 14.3 Å². The van der Waals surface area contributed by atoms with Gasteiger partial charge in [0.1, 0.15) is 29.2 Å². The van der Waals surface area contributed by atoms with Crippen LogP contribution in [0.2, 0.25) is 0 Å². The maximum atomic E-state index is 12.7. The summed E-state index contributed by atoms with van der Waals surface area (Å²) in [5, 5.41) is 2.52. The quantitative estimate of drug-likeness (QED) is 0.597. The second-order valence-electron chi connectivity index (χ2n) is 8.53. The van der Waals surface area contributed by atoms with Gasteiger partial charge in [0.25, 0.3) is 0 Å². The van der Waals surface area contributed by atoms with Crippen molar-refractivity contribution in [3.63, 3.8) is 0 Å². The number of carbonyl (C=O) groups is 2.